The van der Waals surface area contributed by atoms with Crippen LogP contribution in [0.4, 0.5) is 0 Å². The Morgan fingerprint density at radius 2 is 2.16 bits per heavy atom. The molecular formula is C18H30IN3O2S. The highest BCUT2D eigenvalue weighted by molar-refractivity contribution is 14.0. The second kappa shape index (κ2) is 11.7. The van der Waals surface area contributed by atoms with E-state index in [0.29, 0.717) is 13.2 Å². The van der Waals surface area contributed by atoms with Crippen molar-refractivity contribution in [2.45, 2.75) is 39.8 Å². The van der Waals surface area contributed by atoms with Gasteiger partial charge in [0.2, 0.25) is 0 Å². The molecule has 2 N–H and O–H groups in total. The summed E-state index contributed by atoms with van der Waals surface area (Å²) in [6.07, 6.45) is 3.28. The van der Waals surface area contributed by atoms with Gasteiger partial charge in [-0.15, -0.1) is 24.0 Å². The normalized spacial score (nSPS) is 15.8. The van der Waals surface area contributed by atoms with E-state index in [9.17, 15) is 0 Å². The number of rotatable bonds is 8. The highest BCUT2D eigenvalue weighted by Gasteiger charge is 2.21. The third-order valence-corrected chi connectivity index (χ3v) is 4.34. The van der Waals surface area contributed by atoms with Gasteiger partial charge in [0.15, 0.2) is 5.96 Å². The summed E-state index contributed by atoms with van der Waals surface area (Å²) in [7, 11) is 0. The first kappa shape index (κ1) is 22.2. The van der Waals surface area contributed by atoms with Crippen molar-refractivity contribution in [1.29, 1.82) is 0 Å². The van der Waals surface area contributed by atoms with E-state index in [1.807, 2.05) is 18.7 Å². The van der Waals surface area contributed by atoms with Crippen LogP contribution in [-0.2, 0) is 13.0 Å². The number of hydrogen-bond donors (Lipinski definition) is 2. The Kier molecular flexibility index (Phi) is 10.4. The second-order valence-electron chi connectivity index (χ2n) is 5.75. The van der Waals surface area contributed by atoms with Crippen LogP contribution in [0.25, 0.3) is 0 Å². The first-order chi connectivity index (χ1) is 11.7. The molecule has 0 aliphatic carbocycles. The molecule has 0 aromatic heterocycles. The molecule has 25 heavy (non-hydrogen) atoms. The maximum absolute atomic E-state index is 5.88. The van der Waals surface area contributed by atoms with Gasteiger partial charge in [0.25, 0.3) is 0 Å². The second-order valence-corrected chi connectivity index (χ2v) is 6.73. The number of aliphatic imine (C=N–C) groups is 1. The van der Waals surface area contributed by atoms with E-state index in [0.717, 1.165) is 48.3 Å². The molecule has 0 bridgehead atoms. The zero-order valence-electron chi connectivity index (χ0n) is 15.6. The van der Waals surface area contributed by atoms with Crippen LogP contribution >= 0.6 is 35.7 Å². The summed E-state index contributed by atoms with van der Waals surface area (Å²) in [5.41, 5.74) is 2.29. The van der Waals surface area contributed by atoms with Crippen LogP contribution < -0.4 is 20.1 Å². The Morgan fingerprint density at radius 3 is 2.84 bits per heavy atom. The fourth-order valence-electron chi connectivity index (χ4n) is 2.67. The zero-order valence-corrected chi connectivity index (χ0v) is 18.7. The number of halogens is 1. The molecule has 142 valence electrons. The topological polar surface area (TPSA) is 54.9 Å². The highest BCUT2D eigenvalue weighted by Crippen LogP contribution is 2.35. The number of thioether (sulfide) groups is 1. The Balaban J connectivity index is 0.00000312. The van der Waals surface area contributed by atoms with Crippen molar-refractivity contribution in [1.82, 2.24) is 10.6 Å². The minimum Gasteiger partial charge on any atom is -0.494 e. The van der Waals surface area contributed by atoms with E-state index in [-0.39, 0.29) is 30.1 Å². The fraction of sp³-hybridized carbons (Fsp3) is 0.611. The summed E-state index contributed by atoms with van der Waals surface area (Å²) in [5, 5.41) is 6.63. The van der Waals surface area contributed by atoms with Gasteiger partial charge in [-0.25, -0.2) is 4.99 Å². The highest BCUT2D eigenvalue weighted by atomic mass is 127. The quantitative estimate of drug-likeness (QED) is 0.259. The molecule has 5 nitrogen and oxygen atoms in total. The van der Waals surface area contributed by atoms with Crippen molar-refractivity contribution in [3.8, 4) is 11.5 Å². The summed E-state index contributed by atoms with van der Waals surface area (Å²) in [6.45, 7) is 9.13. The van der Waals surface area contributed by atoms with Gasteiger partial charge in [0.1, 0.15) is 17.6 Å². The number of fused-ring (bicyclic) bond motifs is 1. The molecule has 1 aromatic rings. The number of hydrogen-bond acceptors (Lipinski definition) is 4. The van der Waals surface area contributed by atoms with Crippen LogP contribution in [0.1, 0.15) is 31.9 Å². The van der Waals surface area contributed by atoms with E-state index in [4.69, 9.17) is 14.5 Å². The van der Waals surface area contributed by atoms with Gasteiger partial charge >= 0.3 is 0 Å². The Labute approximate surface area is 172 Å². The minimum absolute atomic E-state index is 0. The summed E-state index contributed by atoms with van der Waals surface area (Å²) < 4.78 is 11.7. The molecule has 1 aliphatic heterocycles. The predicted octanol–water partition coefficient (Wildman–Crippen LogP) is 3.44. The van der Waals surface area contributed by atoms with E-state index >= 15 is 0 Å². The van der Waals surface area contributed by atoms with Gasteiger partial charge in [-0.1, -0.05) is 0 Å². The van der Waals surface area contributed by atoms with E-state index in [1.165, 1.54) is 5.56 Å². The SMILES string of the molecule is CCNC(=NCc1cc2c(cc1OCC)CC(C)O2)NCCSC.I. The minimum atomic E-state index is 0. The number of guanidine groups is 1. The van der Waals surface area contributed by atoms with Crippen molar-refractivity contribution in [3.63, 3.8) is 0 Å². The fourth-order valence-corrected chi connectivity index (χ4v) is 2.98. The molecule has 1 heterocycles. The van der Waals surface area contributed by atoms with Crippen LogP contribution in [0, 0.1) is 0 Å². The smallest absolute Gasteiger partial charge is 0.191 e. The van der Waals surface area contributed by atoms with Gasteiger partial charge in [0, 0.05) is 36.4 Å². The molecule has 0 amide bonds. The molecule has 7 heteroatoms. The maximum atomic E-state index is 5.88. The molecule has 1 aliphatic rings. The number of nitrogens with zero attached hydrogens (tertiary/aromatic N) is 1. The third kappa shape index (κ3) is 6.77. The summed E-state index contributed by atoms with van der Waals surface area (Å²) >= 11 is 1.82. The Morgan fingerprint density at radius 1 is 1.36 bits per heavy atom. The number of ether oxygens (including phenoxy) is 2. The lowest BCUT2D eigenvalue weighted by Gasteiger charge is -2.13. The van der Waals surface area contributed by atoms with Crippen molar-refractivity contribution >= 4 is 41.7 Å². The van der Waals surface area contributed by atoms with Gasteiger partial charge in [-0.2, -0.15) is 11.8 Å². The summed E-state index contributed by atoms with van der Waals surface area (Å²) in [4.78, 5) is 4.69. The van der Waals surface area contributed by atoms with Crippen LogP contribution in [-0.4, -0.2) is 43.8 Å². The van der Waals surface area contributed by atoms with E-state index in [1.54, 1.807) is 0 Å². The number of nitrogens with one attached hydrogen (secondary N) is 2. The monoisotopic (exact) mass is 479 g/mol. The van der Waals surface area contributed by atoms with Crippen molar-refractivity contribution in [3.05, 3.63) is 23.3 Å². The van der Waals surface area contributed by atoms with Gasteiger partial charge in [0.05, 0.1) is 13.2 Å². The molecule has 0 spiro atoms. The Bertz CT molecular complexity index is 569. The summed E-state index contributed by atoms with van der Waals surface area (Å²) in [6, 6.07) is 4.19. The average Bonchev–Trinajstić information content (AvgIpc) is 2.92. The number of benzene rings is 1. The molecular weight excluding hydrogens is 449 g/mol. The van der Waals surface area contributed by atoms with Crippen molar-refractivity contribution in [2.75, 3.05) is 31.7 Å². The Hall–Kier alpha value is -0.830. The molecule has 1 atom stereocenters. The van der Waals surface area contributed by atoms with Crippen LogP contribution in [0.15, 0.2) is 17.1 Å². The molecule has 0 saturated carbocycles. The lowest BCUT2D eigenvalue weighted by atomic mass is 10.1. The van der Waals surface area contributed by atoms with Crippen LogP contribution in [0.3, 0.4) is 0 Å². The van der Waals surface area contributed by atoms with Gasteiger partial charge < -0.3 is 20.1 Å². The lowest BCUT2D eigenvalue weighted by molar-refractivity contribution is 0.254. The molecule has 0 fully saturated rings. The average molecular weight is 479 g/mol. The molecule has 2 rings (SSSR count). The first-order valence-electron chi connectivity index (χ1n) is 8.64. The molecule has 1 aromatic carbocycles. The first-order valence-corrected chi connectivity index (χ1v) is 10.0. The maximum Gasteiger partial charge on any atom is 0.191 e. The van der Waals surface area contributed by atoms with Gasteiger partial charge in [-0.05, 0) is 39.2 Å². The summed E-state index contributed by atoms with van der Waals surface area (Å²) in [5.74, 6) is 3.78. The van der Waals surface area contributed by atoms with Crippen LogP contribution in [0.2, 0.25) is 0 Å². The van der Waals surface area contributed by atoms with Crippen LogP contribution in [0.5, 0.6) is 11.5 Å². The lowest BCUT2D eigenvalue weighted by Crippen LogP contribution is -2.38. The standard InChI is InChI=1S/C18H29N3O2S.HI/c1-5-19-18(20-7-8-24-4)21-12-15-11-17-14(9-13(3)23-17)10-16(15)22-6-2;/h10-11,13H,5-9,12H2,1-4H3,(H2,19,20,21);1H. The van der Waals surface area contributed by atoms with E-state index in [2.05, 4.69) is 42.9 Å². The zero-order chi connectivity index (χ0) is 17.4. The third-order valence-electron chi connectivity index (χ3n) is 3.73. The van der Waals surface area contributed by atoms with Gasteiger partial charge in [-0.3, -0.25) is 0 Å². The van der Waals surface area contributed by atoms with Crippen molar-refractivity contribution < 1.29 is 9.47 Å². The largest absolute Gasteiger partial charge is 0.494 e. The predicted molar refractivity (Wildman–Crippen MR) is 118 cm³/mol. The van der Waals surface area contributed by atoms with E-state index < -0.39 is 0 Å². The molecule has 0 radical (unpaired) electrons. The van der Waals surface area contributed by atoms with Crippen molar-refractivity contribution in [2.24, 2.45) is 4.99 Å². The molecule has 0 saturated heterocycles. The molecule has 1 unspecified atom stereocenters.